The Balaban J connectivity index is 1.47. The number of nitrogens with zero attached hydrogens (tertiary/aromatic N) is 4. The second kappa shape index (κ2) is 6.97. The number of hydrogen-bond donors (Lipinski definition) is 0. The normalized spacial score (nSPS) is 17.4. The molecule has 1 aromatic heterocycles. The van der Waals surface area contributed by atoms with Crippen molar-refractivity contribution in [3.8, 4) is 0 Å². The fourth-order valence-electron chi connectivity index (χ4n) is 3.69. The van der Waals surface area contributed by atoms with Crippen molar-refractivity contribution >= 4 is 11.7 Å². The smallest absolute Gasteiger partial charge is 0.242 e. The average Bonchev–Trinajstić information content (AvgIpc) is 2.66. The lowest BCUT2D eigenvalue weighted by Crippen LogP contribution is -2.50. The van der Waals surface area contributed by atoms with Crippen LogP contribution in [-0.4, -0.2) is 40.4 Å². The van der Waals surface area contributed by atoms with Crippen LogP contribution in [0.4, 0.5) is 14.6 Å². The summed E-state index contributed by atoms with van der Waals surface area (Å²) in [6, 6.07) is 3.76. The van der Waals surface area contributed by atoms with Gasteiger partial charge in [-0.25, -0.2) is 18.7 Å². The van der Waals surface area contributed by atoms with E-state index in [1.54, 1.807) is 11.2 Å². The minimum absolute atomic E-state index is 0.0378. The number of aryl methyl sites for hydroxylation is 1. The van der Waals surface area contributed by atoms with Crippen LogP contribution >= 0.6 is 0 Å². The van der Waals surface area contributed by atoms with Gasteiger partial charge in [-0.1, -0.05) is 6.07 Å². The Morgan fingerprint density at radius 1 is 1.04 bits per heavy atom. The predicted octanol–water partition coefficient (Wildman–Crippen LogP) is 2.48. The molecule has 0 bridgehead atoms. The molecule has 0 radical (unpaired) electrons. The quantitative estimate of drug-likeness (QED) is 0.846. The summed E-state index contributed by atoms with van der Waals surface area (Å²) in [5, 5.41) is 0. The van der Waals surface area contributed by atoms with Crippen molar-refractivity contribution in [2.75, 3.05) is 24.5 Å². The van der Waals surface area contributed by atoms with Crippen molar-refractivity contribution in [1.29, 1.82) is 0 Å². The van der Waals surface area contributed by atoms with E-state index in [4.69, 9.17) is 0 Å². The molecule has 0 unspecified atom stereocenters. The number of carbonyl (C=O) groups is 1. The first-order valence-corrected chi connectivity index (χ1v) is 8.91. The Kier molecular flexibility index (Phi) is 4.53. The average molecular weight is 358 g/mol. The molecule has 1 aliphatic carbocycles. The van der Waals surface area contributed by atoms with Gasteiger partial charge >= 0.3 is 0 Å². The molecule has 26 heavy (non-hydrogen) atoms. The maximum absolute atomic E-state index is 13.4. The molecule has 1 saturated heterocycles. The van der Waals surface area contributed by atoms with Crippen LogP contribution < -0.4 is 4.90 Å². The van der Waals surface area contributed by atoms with E-state index in [1.807, 2.05) is 4.90 Å². The lowest BCUT2D eigenvalue weighted by atomic mass is 9.96. The highest BCUT2D eigenvalue weighted by atomic mass is 19.2. The number of carbonyl (C=O) groups excluding carboxylic acids is 1. The SMILES string of the molecule is O=C1CN(c2ncnc3c2CCCC3)CCN1Cc1ccc(F)c(F)c1. The van der Waals surface area contributed by atoms with E-state index in [9.17, 15) is 13.6 Å². The molecule has 0 spiro atoms. The number of piperazine rings is 1. The molecule has 7 heteroatoms. The molecule has 0 atom stereocenters. The van der Waals surface area contributed by atoms with Gasteiger partial charge in [0.2, 0.25) is 5.91 Å². The van der Waals surface area contributed by atoms with Gasteiger partial charge in [-0.2, -0.15) is 0 Å². The summed E-state index contributed by atoms with van der Waals surface area (Å²) in [5.74, 6) is -0.931. The first kappa shape index (κ1) is 16.9. The standard InChI is InChI=1S/C19H20F2N4O/c20-15-6-5-13(9-16(15)21)10-24-7-8-25(11-18(24)26)19-14-3-1-2-4-17(14)22-12-23-19/h5-6,9,12H,1-4,7-8,10-11H2. The highest BCUT2D eigenvalue weighted by Crippen LogP contribution is 2.28. The second-order valence-corrected chi connectivity index (χ2v) is 6.81. The first-order chi connectivity index (χ1) is 12.6. The van der Waals surface area contributed by atoms with Crippen LogP contribution in [0.5, 0.6) is 0 Å². The van der Waals surface area contributed by atoms with Crippen molar-refractivity contribution in [3.05, 3.63) is 53.0 Å². The van der Waals surface area contributed by atoms with Crippen LogP contribution in [0.3, 0.4) is 0 Å². The van der Waals surface area contributed by atoms with E-state index in [1.165, 1.54) is 11.6 Å². The van der Waals surface area contributed by atoms with Crippen LogP contribution in [0.25, 0.3) is 0 Å². The van der Waals surface area contributed by atoms with E-state index >= 15 is 0 Å². The van der Waals surface area contributed by atoms with Gasteiger partial charge in [-0.3, -0.25) is 4.79 Å². The predicted molar refractivity (Wildman–Crippen MR) is 92.7 cm³/mol. The van der Waals surface area contributed by atoms with Crippen LogP contribution in [0, 0.1) is 11.6 Å². The van der Waals surface area contributed by atoms with E-state index in [0.29, 0.717) is 18.7 Å². The maximum Gasteiger partial charge on any atom is 0.242 e. The summed E-state index contributed by atoms with van der Waals surface area (Å²) in [4.78, 5) is 25.1. The number of aromatic nitrogens is 2. The fourth-order valence-corrected chi connectivity index (χ4v) is 3.69. The molecule has 2 heterocycles. The molecule has 5 nitrogen and oxygen atoms in total. The molecule has 136 valence electrons. The monoisotopic (exact) mass is 358 g/mol. The number of benzene rings is 1. The molecule has 2 aliphatic rings. The molecular formula is C19H20F2N4O. The van der Waals surface area contributed by atoms with Gasteiger partial charge < -0.3 is 9.80 Å². The van der Waals surface area contributed by atoms with Crippen molar-refractivity contribution in [3.63, 3.8) is 0 Å². The Labute approximate surface area is 150 Å². The molecule has 0 N–H and O–H groups in total. The third-order valence-corrected chi connectivity index (χ3v) is 5.08. The van der Waals surface area contributed by atoms with Crippen LogP contribution in [0.2, 0.25) is 0 Å². The third kappa shape index (κ3) is 3.25. The summed E-state index contributed by atoms with van der Waals surface area (Å²) < 4.78 is 26.4. The summed E-state index contributed by atoms with van der Waals surface area (Å²) in [6.45, 7) is 1.72. The van der Waals surface area contributed by atoms with Crippen molar-refractivity contribution < 1.29 is 13.6 Å². The molecule has 0 saturated carbocycles. The van der Waals surface area contributed by atoms with E-state index < -0.39 is 11.6 Å². The number of hydrogen-bond acceptors (Lipinski definition) is 4. The molecule has 4 rings (SSSR count). The highest BCUT2D eigenvalue weighted by Gasteiger charge is 2.28. The number of anilines is 1. The minimum Gasteiger partial charge on any atom is -0.345 e. The summed E-state index contributed by atoms with van der Waals surface area (Å²) in [5.41, 5.74) is 2.85. The van der Waals surface area contributed by atoms with Crippen LogP contribution in [0.1, 0.15) is 29.7 Å². The third-order valence-electron chi connectivity index (χ3n) is 5.08. The van der Waals surface area contributed by atoms with E-state index in [2.05, 4.69) is 9.97 Å². The van der Waals surface area contributed by atoms with Gasteiger partial charge in [-0.05, 0) is 43.4 Å². The Morgan fingerprint density at radius 3 is 2.69 bits per heavy atom. The lowest BCUT2D eigenvalue weighted by molar-refractivity contribution is -0.131. The molecule has 1 fully saturated rings. The summed E-state index contributed by atoms with van der Waals surface area (Å²) >= 11 is 0. The van der Waals surface area contributed by atoms with Crippen molar-refractivity contribution in [2.24, 2.45) is 0 Å². The van der Waals surface area contributed by atoms with Crippen molar-refractivity contribution in [1.82, 2.24) is 14.9 Å². The van der Waals surface area contributed by atoms with Gasteiger partial charge in [0.05, 0.1) is 6.54 Å². The summed E-state index contributed by atoms with van der Waals surface area (Å²) in [6.07, 6.45) is 5.77. The largest absolute Gasteiger partial charge is 0.345 e. The molecule has 1 aliphatic heterocycles. The van der Waals surface area contributed by atoms with E-state index in [-0.39, 0.29) is 19.0 Å². The minimum atomic E-state index is -0.888. The zero-order valence-electron chi connectivity index (χ0n) is 14.4. The topological polar surface area (TPSA) is 49.3 Å². The van der Waals surface area contributed by atoms with E-state index in [0.717, 1.165) is 49.3 Å². The Bertz CT molecular complexity index is 842. The zero-order valence-corrected chi connectivity index (χ0v) is 14.4. The zero-order chi connectivity index (χ0) is 18.1. The van der Waals surface area contributed by atoms with Crippen LogP contribution in [-0.2, 0) is 24.2 Å². The number of amides is 1. The Hall–Kier alpha value is -2.57. The van der Waals surface area contributed by atoms with Gasteiger partial charge in [0.15, 0.2) is 11.6 Å². The maximum atomic E-state index is 13.4. The highest BCUT2D eigenvalue weighted by molar-refractivity contribution is 5.82. The Morgan fingerprint density at radius 2 is 1.88 bits per heavy atom. The number of fused-ring (bicyclic) bond motifs is 1. The van der Waals surface area contributed by atoms with Gasteiger partial charge in [0.25, 0.3) is 0 Å². The fraction of sp³-hybridized carbons (Fsp3) is 0.421. The van der Waals surface area contributed by atoms with Crippen LogP contribution in [0.15, 0.2) is 24.5 Å². The lowest BCUT2D eigenvalue weighted by Gasteiger charge is -2.36. The number of rotatable bonds is 3. The molecule has 2 aromatic rings. The molecule has 1 aromatic carbocycles. The molecular weight excluding hydrogens is 338 g/mol. The van der Waals surface area contributed by atoms with Gasteiger partial charge in [-0.15, -0.1) is 0 Å². The number of halogens is 2. The van der Waals surface area contributed by atoms with Gasteiger partial charge in [0, 0.05) is 30.9 Å². The second-order valence-electron chi connectivity index (χ2n) is 6.81. The van der Waals surface area contributed by atoms with Crippen molar-refractivity contribution in [2.45, 2.75) is 32.2 Å². The molecule has 1 amide bonds. The summed E-state index contributed by atoms with van der Waals surface area (Å²) in [7, 11) is 0. The first-order valence-electron chi connectivity index (χ1n) is 8.91. The van der Waals surface area contributed by atoms with Gasteiger partial charge in [0.1, 0.15) is 12.1 Å².